The maximum atomic E-state index is 11.5. The van der Waals surface area contributed by atoms with Gasteiger partial charge in [0.2, 0.25) is 0 Å². The van der Waals surface area contributed by atoms with E-state index in [1.54, 1.807) is 0 Å². The molecule has 2 heteroatoms. The van der Waals surface area contributed by atoms with Crippen LogP contribution in [0.3, 0.4) is 0 Å². The number of rotatable bonds is 3. The van der Waals surface area contributed by atoms with Crippen molar-refractivity contribution in [2.75, 3.05) is 0 Å². The highest BCUT2D eigenvalue weighted by atomic mass is 16.4. The number of hydrogen-bond acceptors (Lipinski definition) is 1. The van der Waals surface area contributed by atoms with E-state index in [9.17, 15) is 9.90 Å². The fourth-order valence-electron chi connectivity index (χ4n) is 2.89. The van der Waals surface area contributed by atoms with Crippen LogP contribution in [0, 0.1) is 16.7 Å². The number of hydrogen-bond donors (Lipinski definition) is 1. The second kappa shape index (κ2) is 5.24. The van der Waals surface area contributed by atoms with Crippen LogP contribution in [0.5, 0.6) is 0 Å². The molecule has 0 aromatic carbocycles. The summed E-state index contributed by atoms with van der Waals surface area (Å²) in [4.78, 5) is 11.5. The Kier molecular flexibility index (Phi) is 4.40. The maximum Gasteiger partial charge on any atom is 0.309 e. The highest BCUT2D eigenvalue weighted by molar-refractivity contribution is 5.75. The lowest BCUT2D eigenvalue weighted by atomic mass is 9.63. The van der Waals surface area contributed by atoms with Crippen LogP contribution in [0.1, 0.15) is 59.8 Å². The Hall–Kier alpha value is -0.790. The average Bonchev–Trinajstić information content (AvgIpc) is 2.25. The largest absolute Gasteiger partial charge is 0.481 e. The van der Waals surface area contributed by atoms with Gasteiger partial charge in [-0.05, 0) is 50.4 Å². The first-order chi connectivity index (χ1) is 7.82. The highest BCUT2D eigenvalue weighted by Gasteiger charge is 2.43. The van der Waals surface area contributed by atoms with E-state index < -0.39 is 11.4 Å². The van der Waals surface area contributed by atoms with Crippen LogP contribution in [0.2, 0.25) is 0 Å². The van der Waals surface area contributed by atoms with Crippen molar-refractivity contribution < 1.29 is 9.90 Å². The standard InChI is InChI=1S/C15H26O2/c1-5-6-9-15(13(16)17)10-7-12(8-11-15)14(2,3)4/h5-6,12H,7-11H2,1-4H3,(H,16,17). The number of aliphatic carboxylic acids is 1. The third-order valence-corrected chi connectivity index (χ3v) is 4.37. The molecule has 0 atom stereocenters. The summed E-state index contributed by atoms with van der Waals surface area (Å²) in [6.45, 7) is 8.74. The molecule has 98 valence electrons. The second-order valence-electron chi connectivity index (χ2n) is 6.50. The highest BCUT2D eigenvalue weighted by Crippen LogP contribution is 2.47. The molecule has 0 heterocycles. The van der Waals surface area contributed by atoms with Gasteiger partial charge in [0.15, 0.2) is 0 Å². The quantitative estimate of drug-likeness (QED) is 0.746. The summed E-state index contributed by atoms with van der Waals surface area (Å²) in [5, 5.41) is 9.47. The Morgan fingerprint density at radius 1 is 1.35 bits per heavy atom. The smallest absolute Gasteiger partial charge is 0.309 e. The SMILES string of the molecule is CC=CCC1(C(=O)O)CCC(C(C)(C)C)CC1. The van der Waals surface area contributed by atoms with Gasteiger partial charge in [0.25, 0.3) is 0 Å². The van der Waals surface area contributed by atoms with Crippen LogP contribution in [0.25, 0.3) is 0 Å². The molecular weight excluding hydrogens is 212 g/mol. The molecule has 1 fully saturated rings. The molecule has 2 nitrogen and oxygen atoms in total. The second-order valence-corrected chi connectivity index (χ2v) is 6.50. The number of carboxylic acid groups (broad SMARTS) is 1. The molecule has 0 amide bonds. The number of carbonyl (C=O) groups is 1. The first-order valence-electron chi connectivity index (χ1n) is 6.66. The van der Waals surface area contributed by atoms with E-state index in [1.165, 1.54) is 0 Å². The van der Waals surface area contributed by atoms with Crippen LogP contribution in [0.15, 0.2) is 12.2 Å². The Morgan fingerprint density at radius 2 is 1.88 bits per heavy atom. The number of allylic oxidation sites excluding steroid dienone is 2. The van der Waals surface area contributed by atoms with E-state index >= 15 is 0 Å². The van der Waals surface area contributed by atoms with Gasteiger partial charge in [0.05, 0.1) is 5.41 Å². The van der Waals surface area contributed by atoms with Crippen molar-refractivity contribution in [1.29, 1.82) is 0 Å². The minimum atomic E-state index is -0.608. The summed E-state index contributed by atoms with van der Waals surface area (Å²) >= 11 is 0. The van der Waals surface area contributed by atoms with Crippen LogP contribution in [-0.2, 0) is 4.79 Å². The molecule has 0 saturated heterocycles. The molecule has 1 aliphatic carbocycles. The molecule has 0 aliphatic heterocycles. The molecular formula is C15H26O2. The summed E-state index contributed by atoms with van der Waals surface area (Å²) < 4.78 is 0. The topological polar surface area (TPSA) is 37.3 Å². The van der Waals surface area contributed by atoms with Crippen molar-refractivity contribution in [3.63, 3.8) is 0 Å². The third-order valence-electron chi connectivity index (χ3n) is 4.37. The summed E-state index contributed by atoms with van der Waals surface area (Å²) in [6.07, 6.45) is 8.41. The minimum Gasteiger partial charge on any atom is -0.481 e. The van der Waals surface area contributed by atoms with Crippen LogP contribution >= 0.6 is 0 Å². The normalized spacial score (nSPS) is 30.7. The fourth-order valence-corrected chi connectivity index (χ4v) is 2.89. The van der Waals surface area contributed by atoms with E-state index in [2.05, 4.69) is 20.8 Å². The molecule has 1 rings (SSSR count). The van der Waals surface area contributed by atoms with Gasteiger partial charge in [-0.15, -0.1) is 0 Å². The molecule has 1 N–H and O–H groups in total. The van der Waals surface area contributed by atoms with Crippen LogP contribution < -0.4 is 0 Å². The van der Waals surface area contributed by atoms with E-state index in [1.807, 2.05) is 19.1 Å². The summed E-state index contributed by atoms with van der Waals surface area (Å²) in [6, 6.07) is 0. The lowest BCUT2D eigenvalue weighted by molar-refractivity contribution is -0.152. The zero-order valence-electron chi connectivity index (χ0n) is 11.6. The Morgan fingerprint density at radius 3 is 2.24 bits per heavy atom. The average molecular weight is 238 g/mol. The molecule has 0 unspecified atom stereocenters. The van der Waals surface area contributed by atoms with Crippen LogP contribution in [0.4, 0.5) is 0 Å². The molecule has 17 heavy (non-hydrogen) atoms. The molecule has 0 bridgehead atoms. The van der Waals surface area contributed by atoms with Crippen molar-refractivity contribution in [2.24, 2.45) is 16.7 Å². The van der Waals surface area contributed by atoms with Crippen LogP contribution in [-0.4, -0.2) is 11.1 Å². The monoisotopic (exact) mass is 238 g/mol. The Balaban J connectivity index is 2.71. The van der Waals surface area contributed by atoms with Crippen molar-refractivity contribution in [3.05, 3.63) is 12.2 Å². The van der Waals surface area contributed by atoms with Gasteiger partial charge >= 0.3 is 5.97 Å². The molecule has 0 aromatic rings. The lowest BCUT2D eigenvalue weighted by Crippen LogP contribution is -2.37. The van der Waals surface area contributed by atoms with Crippen molar-refractivity contribution in [2.45, 2.75) is 59.8 Å². The molecule has 0 aromatic heterocycles. The Labute approximate surface area is 105 Å². The summed E-state index contributed by atoms with van der Waals surface area (Å²) in [5.41, 5.74) is -0.181. The molecule has 0 spiro atoms. The summed E-state index contributed by atoms with van der Waals surface area (Å²) in [5.74, 6) is 0.0588. The van der Waals surface area contributed by atoms with E-state index in [0.717, 1.165) is 25.7 Å². The predicted octanol–water partition coefficient (Wildman–Crippen LogP) is 4.26. The zero-order chi connectivity index (χ0) is 13.1. The van der Waals surface area contributed by atoms with Crippen molar-refractivity contribution in [1.82, 2.24) is 0 Å². The molecule has 1 saturated carbocycles. The molecule has 1 aliphatic rings. The Bertz CT molecular complexity index is 289. The van der Waals surface area contributed by atoms with Crippen molar-refractivity contribution in [3.8, 4) is 0 Å². The predicted molar refractivity (Wildman–Crippen MR) is 70.9 cm³/mol. The van der Waals surface area contributed by atoms with Gasteiger partial charge in [0, 0.05) is 0 Å². The fraction of sp³-hybridized carbons (Fsp3) is 0.800. The first-order valence-corrected chi connectivity index (χ1v) is 6.66. The van der Waals surface area contributed by atoms with Gasteiger partial charge in [-0.25, -0.2) is 0 Å². The van der Waals surface area contributed by atoms with Gasteiger partial charge < -0.3 is 5.11 Å². The minimum absolute atomic E-state index is 0.311. The van der Waals surface area contributed by atoms with E-state index in [-0.39, 0.29) is 0 Å². The maximum absolute atomic E-state index is 11.5. The van der Waals surface area contributed by atoms with Crippen molar-refractivity contribution >= 4 is 5.97 Å². The van der Waals surface area contributed by atoms with Gasteiger partial charge in [-0.2, -0.15) is 0 Å². The van der Waals surface area contributed by atoms with E-state index in [0.29, 0.717) is 17.8 Å². The lowest BCUT2D eigenvalue weighted by Gasteiger charge is -2.41. The first kappa shape index (κ1) is 14.3. The van der Waals surface area contributed by atoms with Gasteiger partial charge in [0.1, 0.15) is 0 Å². The zero-order valence-corrected chi connectivity index (χ0v) is 11.6. The third kappa shape index (κ3) is 3.34. The summed E-state index contributed by atoms with van der Waals surface area (Å²) in [7, 11) is 0. The van der Waals surface area contributed by atoms with Gasteiger partial charge in [-0.3, -0.25) is 4.79 Å². The van der Waals surface area contributed by atoms with E-state index in [4.69, 9.17) is 0 Å². The molecule has 0 radical (unpaired) electrons. The van der Waals surface area contributed by atoms with Gasteiger partial charge in [-0.1, -0.05) is 32.9 Å². The number of carboxylic acids is 1.